The molecule has 2 amide bonds. The lowest BCUT2D eigenvalue weighted by atomic mass is 10.1. The van der Waals surface area contributed by atoms with Gasteiger partial charge >= 0.3 is 6.03 Å². The molecule has 180 valence electrons. The van der Waals surface area contributed by atoms with Crippen molar-refractivity contribution in [2.24, 2.45) is 5.73 Å². The molecule has 0 saturated carbocycles. The highest BCUT2D eigenvalue weighted by atomic mass is 32.2. The molecule has 34 heavy (non-hydrogen) atoms. The fraction of sp³-hybridized carbons (Fsp3) is 0.280. The summed E-state index contributed by atoms with van der Waals surface area (Å²) < 4.78 is 6.19. The summed E-state index contributed by atoms with van der Waals surface area (Å²) in [7, 11) is 3.27. The van der Waals surface area contributed by atoms with Crippen LogP contribution in [0.2, 0.25) is 0 Å². The van der Waals surface area contributed by atoms with Gasteiger partial charge in [-0.15, -0.1) is 35.9 Å². The van der Waals surface area contributed by atoms with E-state index in [0.717, 1.165) is 21.8 Å². The van der Waals surface area contributed by atoms with Gasteiger partial charge in [0.05, 0.1) is 16.7 Å². The Labute approximate surface area is 209 Å². The predicted molar refractivity (Wildman–Crippen MR) is 143 cm³/mol. The molecule has 0 fully saturated rings. The lowest BCUT2D eigenvalue weighted by Gasteiger charge is -2.20. The van der Waals surface area contributed by atoms with Crippen LogP contribution in [0.5, 0.6) is 11.5 Å². The van der Waals surface area contributed by atoms with Crippen molar-refractivity contribution in [3.05, 3.63) is 58.9 Å². The number of nitrogens with zero attached hydrogens (tertiary/aromatic N) is 2. The zero-order valence-electron chi connectivity index (χ0n) is 19.7. The first-order chi connectivity index (χ1) is 16.3. The second-order valence-corrected chi connectivity index (χ2v) is 8.86. The fourth-order valence-electron chi connectivity index (χ4n) is 2.92. The number of anilines is 1. The zero-order valence-corrected chi connectivity index (χ0v) is 21.4. The van der Waals surface area contributed by atoms with Gasteiger partial charge in [0.2, 0.25) is 0 Å². The molecule has 0 aliphatic heterocycles. The number of aliphatic hydroxyl groups is 1. The van der Waals surface area contributed by atoms with Crippen LogP contribution in [-0.4, -0.2) is 48.3 Å². The first-order valence-electron chi connectivity index (χ1n) is 10.5. The monoisotopic (exact) mass is 498 g/mol. The number of hydrogen-bond donors (Lipinski definition) is 3. The number of nitrogens with one attached hydrogen (secondary N) is 1. The average molecular weight is 499 g/mol. The molecule has 4 N–H and O–H groups in total. The molecule has 1 atom stereocenters. The van der Waals surface area contributed by atoms with Crippen LogP contribution < -0.4 is 20.7 Å². The van der Waals surface area contributed by atoms with Crippen molar-refractivity contribution < 1.29 is 14.6 Å². The number of terminal acetylenes is 1. The van der Waals surface area contributed by atoms with Crippen LogP contribution >= 0.6 is 23.5 Å². The van der Waals surface area contributed by atoms with E-state index in [4.69, 9.17) is 16.9 Å². The standard InChI is InChI=1S/C25H30N4O3S2/c1-6-8-18-15-19(10-11-22(18)29(4)25(31)27-3)32-23-12-13-28-21(24(23)33-5)9-7-14-34-16-20(26)17(2)30/h1,7,9-13,15-17,30H,8,14,26H2,2-5H3,(H,27,31)/b9-7+,20-16-. The maximum Gasteiger partial charge on any atom is 0.321 e. The van der Waals surface area contributed by atoms with Gasteiger partial charge < -0.3 is 20.9 Å². The zero-order chi connectivity index (χ0) is 25.1. The number of carbonyl (C=O) groups is 1. The number of aliphatic hydroxyl groups excluding tert-OH is 1. The first kappa shape index (κ1) is 27.2. The van der Waals surface area contributed by atoms with E-state index in [0.29, 0.717) is 29.4 Å². The Balaban J connectivity index is 2.24. The first-order valence-corrected chi connectivity index (χ1v) is 12.7. The van der Waals surface area contributed by atoms with Crippen LogP contribution in [0.25, 0.3) is 6.08 Å². The topological polar surface area (TPSA) is 101 Å². The van der Waals surface area contributed by atoms with Crippen LogP contribution in [0.3, 0.4) is 0 Å². The molecule has 0 bridgehead atoms. The van der Waals surface area contributed by atoms with Gasteiger partial charge in [-0.05, 0) is 48.4 Å². The van der Waals surface area contributed by atoms with Crippen LogP contribution in [-0.2, 0) is 6.42 Å². The van der Waals surface area contributed by atoms with Crippen LogP contribution in [0.4, 0.5) is 10.5 Å². The molecule has 1 aromatic carbocycles. The Morgan fingerprint density at radius 2 is 2.21 bits per heavy atom. The van der Waals surface area contributed by atoms with E-state index in [1.165, 1.54) is 28.4 Å². The predicted octanol–water partition coefficient (Wildman–Crippen LogP) is 4.47. The van der Waals surface area contributed by atoms with E-state index in [2.05, 4.69) is 16.2 Å². The lowest BCUT2D eigenvalue weighted by molar-refractivity contribution is 0.230. The molecular formula is C25H30N4O3S2. The normalized spacial score (nSPS) is 12.3. The molecule has 2 rings (SSSR count). The highest BCUT2D eigenvalue weighted by molar-refractivity contribution is 8.02. The quantitative estimate of drug-likeness (QED) is 0.252. The second-order valence-electron chi connectivity index (χ2n) is 7.14. The number of ether oxygens (including phenoxy) is 1. The van der Waals surface area contributed by atoms with Gasteiger partial charge in [-0.25, -0.2) is 4.79 Å². The number of hydrogen-bond acceptors (Lipinski definition) is 7. The molecule has 0 spiro atoms. The summed E-state index contributed by atoms with van der Waals surface area (Å²) in [6.07, 6.45) is 12.8. The van der Waals surface area contributed by atoms with E-state index in [1.54, 1.807) is 32.6 Å². The lowest BCUT2D eigenvalue weighted by Crippen LogP contribution is -2.35. The van der Waals surface area contributed by atoms with Crippen molar-refractivity contribution in [3.8, 4) is 23.8 Å². The number of pyridine rings is 1. The summed E-state index contributed by atoms with van der Waals surface area (Å²) in [5.41, 5.74) is 8.49. The van der Waals surface area contributed by atoms with Crippen molar-refractivity contribution in [2.45, 2.75) is 24.3 Å². The Kier molecular flexibility index (Phi) is 10.9. The molecule has 0 saturated heterocycles. The number of carbonyl (C=O) groups excluding carboxylic acids is 1. The Bertz CT molecular complexity index is 1090. The van der Waals surface area contributed by atoms with Crippen LogP contribution in [0.15, 0.2) is 52.5 Å². The SMILES string of the molecule is C#CCc1cc(Oc2ccnc(/C=C/CS/C=C(\N)C(C)O)c2SC)ccc1N(C)C(=O)NC. The largest absolute Gasteiger partial charge is 0.456 e. The third-order valence-corrected chi connectivity index (χ3v) is 6.36. The number of aromatic nitrogens is 1. The minimum atomic E-state index is -0.658. The molecule has 1 heterocycles. The molecule has 0 radical (unpaired) electrons. The molecule has 9 heteroatoms. The highest BCUT2D eigenvalue weighted by Gasteiger charge is 2.15. The Hall–Kier alpha value is -3.06. The van der Waals surface area contributed by atoms with Gasteiger partial charge in [0, 0.05) is 49.9 Å². The second kappa shape index (κ2) is 13.6. The molecule has 0 aliphatic rings. The maximum atomic E-state index is 12.0. The van der Waals surface area contributed by atoms with E-state index in [9.17, 15) is 9.90 Å². The summed E-state index contributed by atoms with van der Waals surface area (Å²) in [6, 6.07) is 7.07. The van der Waals surface area contributed by atoms with Crippen molar-refractivity contribution in [1.29, 1.82) is 0 Å². The molecule has 7 nitrogen and oxygen atoms in total. The van der Waals surface area contributed by atoms with Crippen LogP contribution in [0, 0.1) is 12.3 Å². The molecule has 1 unspecified atom stereocenters. The molecular weight excluding hydrogens is 468 g/mol. The van der Waals surface area contributed by atoms with Gasteiger partial charge in [0.25, 0.3) is 0 Å². The minimum Gasteiger partial charge on any atom is -0.456 e. The fourth-order valence-corrected chi connectivity index (χ4v) is 4.25. The average Bonchev–Trinajstić information content (AvgIpc) is 2.83. The van der Waals surface area contributed by atoms with Crippen molar-refractivity contribution in [1.82, 2.24) is 10.3 Å². The van der Waals surface area contributed by atoms with Crippen molar-refractivity contribution >= 4 is 41.3 Å². The minimum absolute atomic E-state index is 0.232. The summed E-state index contributed by atoms with van der Waals surface area (Å²) in [6.45, 7) is 1.63. The van der Waals surface area contributed by atoms with E-state index in [-0.39, 0.29) is 6.03 Å². The summed E-state index contributed by atoms with van der Waals surface area (Å²) in [4.78, 5) is 18.9. The number of amides is 2. The van der Waals surface area contributed by atoms with E-state index < -0.39 is 6.10 Å². The summed E-state index contributed by atoms with van der Waals surface area (Å²) in [5, 5.41) is 13.8. The number of nitrogens with two attached hydrogens (primary N) is 1. The van der Waals surface area contributed by atoms with Gasteiger partial charge in [-0.2, -0.15) is 0 Å². The van der Waals surface area contributed by atoms with Gasteiger partial charge in [-0.1, -0.05) is 6.08 Å². The Morgan fingerprint density at radius 1 is 1.44 bits per heavy atom. The van der Waals surface area contributed by atoms with Crippen molar-refractivity contribution in [2.75, 3.05) is 31.0 Å². The number of benzene rings is 1. The maximum absolute atomic E-state index is 12.0. The van der Waals surface area contributed by atoms with E-state index in [1.807, 2.05) is 42.7 Å². The molecule has 2 aromatic rings. The summed E-state index contributed by atoms with van der Waals surface area (Å²) in [5.74, 6) is 4.61. The smallest absolute Gasteiger partial charge is 0.321 e. The van der Waals surface area contributed by atoms with Gasteiger partial charge in [-0.3, -0.25) is 9.88 Å². The third kappa shape index (κ3) is 7.48. The highest BCUT2D eigenvalue weighted by Crippen LogP contribution is 2.35. The number of urea groups is 1. The molecule has 0 aliphatic carbocycles. The third-order valence-electron chi connectivity index (χ3n) is 4.72. The van der Waals surface area contributed by atoms with Gasteiger partial charge in [0.15, 0.2) is 0 Å². The van der Waals surface area contributed by atoms with Gasteiger partial charge in [0.1, 0.15) is 11.5 Å². The molecule has 1 aromatic heterocycles. The van der Waals surface area contributed by atoms with E-state index >= 15 is 0 Å². The number of thioether (sulfide) groups is 2. The van der Waals surface area contributed by atoms with Crippen LogP contribution in [0.1, 0.15) is 18.2 Å². The Morgan fingerprint density at radius 3 is 2.85 bits per heavy atom. The van der Waals surface area contributed by atoms with Crippen molar-refractivity contribution in [3.63, 3.8) is 0 Å². The number of rotatable bonds is 10. The summed E-state index contributed by atoms with van der Waals surface area (Å²) >= 11 is 3.03.